The lowest BCUT2D eigenvalue weighted by Crippen LogP contribution is -2.55. The van der Waals surface area contributed by atoms with Gasteiger partial charge in [-0.2, -0.15) is 0 Å². The van der Waals surface area contributed by atoms with E-state index in [9.17, 15) is 9.18 Å². The van der Waals surface area contributed by atoms with Gasteiger partial charge in [0.2, 0.25) is 0 Å². The van der Waals surface area contributed by atoms with Gasteiger partial charge in [-0.25, -0.2) is 4.39 Å². The number of likely N-dealkylation sites (tertiary alicyclic amines) is 1. The van der Waals surface area contributed by atoms with E-state index in [1.807, 2.05) is 36.9 Å². The zero-order valence-electron chi connectivity index (χ0n) is 16.7. The third-order valence-corrected chi connectivity index (χ3v) is 5.98. The van der Waals surface area contributed by atoms with Crippen LogP contribution < -0.4 is 4.90 Å². The summed E-state index contributed by atoms with van der Waals surface area (Å²) in [7, 11) is 0. The summed E-state index contributed by atoms with van der Waals surface area (Å²) in [6.07, 6.45) is 2.16. The number of halogens is 1. The predicted octanol–water partition coefficient (Wildman–Crippen LogP) is 3.46. The van der Waals surface area contributed by atoms with E-state index >= 15 is 0 Å². The SMILES string of the molecule is Cc1cc(C(=O)N2CCCC(N3CCN(c4ccc(F)cc4)CC3)C2)c(C)o1. The molecular weight excluding hydrogens is 357 g/mol. The Morgan fingerprint density at radius 2 is 1.79 bits per heavy atom. The van der Waals surface area contributed by atoms with Crippen LogP contribution in [0.1, 0.15) is 34.7 Å². The molecule has 0 bridgehead atoms. The van der Waals surface area contributed by atoms with Gasteiger partial charge in [0.1, 0.15) is 17.3 Å². The van der Waals surface area contributed by atoms with Gasteiger partial charge in [0, 0.05) is 51.0 Å². The van der Waals surface area contributed by atoms with Crippen LogP contribution in [0.15, 0.2) is 34.7 Å². The summed E-state index contributed by atoms with van der Waals surface area (Å²) in [5.74, 6) is 1.38. The topological polar surface area (TPSA) is 39.9 Å². The average molecular weight is 385 g/mol. The molecule has 6 heteroatoms. The maximum absolute atomic E-state index is 13.1. The Balaban J connectivity index is 1.36. The van der Waals surface area contributed by atoms with E-state index in [0.717, 1.165) is 63.6 Å². The highest BCUT2D eigenvalue weighted by Crippen LogP contribution is 2.23. The average Bonchev–Trinajstić information content (AvgIpc) is 3.06. The number of furan rings is 1. The first-order valence-corrected chi connectivity index (χ1v) is 10.1. The molecule has 0 radical (unpaired) electrons. The van der Waals surface area contributed by atoms with Gasteiger partial charge in [-0.3, -0.25) is 9.69 Å². The van der Waals surface area contributed by atoms with E-state index < -0.39 is 0 Å². The van der Waals surface area contributed by atoms with Crippen molar-refractivity contribution < 1.29 is 13.6 Å². The predicted molar refractivity (Wildman–Crippen MR) is 107 cm³/mol. The molecule has 0 spiro atoms. The number of anilines is 1. The number of aryl methyl sites for hydroxylation is 2. The third-order valence-electron chi connectivity index (χ3n) is 5.98. The second-order valence-electron chi connectivity index (χ2n) is 7.87. The monoisotopic (exact) mass is 385 g/mol. The first-order chi connectivity index (χ1) is 13.5. The van der Waals surface area contributed by atoms with Crippen LogP contribution in [0.3, 0.4) is 0 Å². The molecule has 5 nitrogen and oxygen atoms in total. The van der Waals surface area contributed by atoms with E-state index in [0.29, 0.717) is 17.4 Å². The summed E-state index contributed by atoms with van der Waals surface area (Å²) < 4.78 is 18.7. The Kier molecular flexibility index (Phi) is 5.40. The Bertz CT molecular complexity index is 825. The van der Waals surface area contributed by atoms with Gasteiger partial charge >= 0.3 is 0 Å². The molecule has 1 amide bonds. The fourth-order valence-corrected chi connectivity index (χ4v) is 4.45. The molecular formula is C22H28FN3O2. The number of piperazine rings is 1. The number of piperidine rings is 1. The van der Waals surface area contributed by atoms with E-state index in [-0.39, 0.29) is 11.7 Å². The lowest BCUT2D eigenvalue weighted by Gasteiger charge is -2.44. The second-order valence-corrected chi connectivity index (χ2v) is 7.87. The summed E-state index contributed by atoms with van der Waals surface area (Å²) in [6.45, 7) is 9.11. The Morgan fingerprint density at radius 3 is 2.43 bits per heavy atom. The largest absolute Gasteiger partial charge is 0.466 e. The van der Waals surface area contributed by atoms with Crippen LogP contribution in [-0.4, -0.2) is 61.0 Å². The zero-order valence-corrected chi connectivity index (χ0v) is 16.7. The number of hydrogen-bond acceptors (Lipinski definition) is 4. The van der Waals surface area contributed by atoms with Crippen molar-refractivity contribution in [1.82, 2.24) is 9.80 Å². The molecule has 1 unspecified atom stereocenters. The molecule has 150 valence electrons. The molecule has 1 aromatic carbocycles. The first-order valence-electron chi connectivity index (χ1n) is 10.1. The standard InChI is InChI=1S/C22H28FN3O2/c1-16-14-21(17(2)28-16)22(27)26-9-3-4-20(15-26)25-12-10-24(11-13-25)19-7-5-18(23)6-8-19/h5-8,14,20H,3-4,9-13,15H2,1-2H3. The molecule has 2 aromatic rings. The van der Waals surface area contributed by atoms with Gasteiger partial charge in [0.15, 0.2) is 0 Å². The summed E-state index contributed by atoms with van der Waals surface area (Å²) in [6, 6.07) is 8.99. The first kappa shape index (κ1) is 19.0. The minimum absolute atomic E-state index is 0.0870. The van der Waals surface area contributed by atoms with Crippen molar-refractivity contribution in [2.45, 2.75) is 32.7 Å². The number of nitrogens with zero attached hydrogens (tertiary/aromatic N) is 3. The number of benzene rings is 1. The van der Waals surface area contributed by atoms with E-state index in [2.05, 4.69) is 9.80 Å². The van der Waals surface area contributed by atoms with Crippen LogP contribution in [-0.2, 0) is 0 Å². The van der Waals surface area contributed by atoms with Crippen molar-refractivity contribution in [3.05, 3.63) is 53.2 Å². The number of carbonyl (C=O) groups excluding carboxylic acids is 1. The van der Waals surface area contributed by atoms with Gasteiger partial charge in [-0.1, -0.05) is 0 Å². The van der Waals surface area contributed by atoms with Crippen LogP contribution in [0.4, 0.5) is 10.1 Å². The summed E-state index contributed by atoms with van der Waals surface area (Å²) >= 11 is 0. The number of hydrogen-bond donors (Lipinski definition) is 0. The molecule has 2 fully saturated rings. The van der Waals surface area contributed by atoms with E-state index in [1.54, 1.807) is 0 Å². The van der Waals surface area contributed by atoms with Crippen molar-refractivity contribution in [2.75, 3.05) is 44.2 Å². The molecule has 0 N–H and O–H groups in total. The molecule has 2 aliphatic rings. The highest BCUT2D eigenvalue weighted by atomic mass is 19.1. The second kappa shape index (κ2) is 7.95. The molecule has 0 aliphatic carbocycles. The van der Waals surface area contributed by atoms with Crippen molar-refractivity contribution in [1.29, 1.82) is 0 Å². The van der Waals surface area contributed by atoms with Crippen molar-refractivity contribution in [3.63, 3.8) is 0 Å². The fraction of sp³-hybridized carbons (Fsp3) is 0.500. The highest BCUT2D eigenvalue weighted by Gasteiger charge is 2.31. The van der Waals surface area contributed by atoms with Crippen LogP contribution >= 0.6 is 0 Å². The Hall–Kier alpha value is -2.34. The summed E-state index contributed by atoms with van der Waals surface area (Å²) in [4.78, 5) is 19.7. The highest BCUT2D eigenvalue weighted by molar-refractivity contribution is 5.95. The van der Waals surface area contributed by atoms with Crippen molar-refractivity contribution >= 4 is 11.6 Å². The van der Waals surface area contributed by atoms with Crippen LogP contribution in [0.2, 0.25) is 0 Å². The fourth-order valence-electron chi connectivity index (χ4n) is 4.45. The Labute approximate surface area is 165 Å². The third kappa shape index (κ3) is 3.92. The Morgan fingerprint density at radius 1 is 1.07 bits per heavy atom. The number of carbonyl (C=O) groups is 1. The lowest BCUT2D eigenvalue weighted by molar-refractivity contribution is 0.0562. The molecule has 1 atom stereocenters. The van der Waals surface area contributed by atoms with Gasteiger partial charge in [0.05, 0.1) is 5.56 Å². The smallest absolute Gasteiger partial charge is 0.257 e. The van der Waals surface area contributed by atoms with Gasteiger partial charge in [-0.05, 0) is 57.0 Å². The van der Waals surface area contributed by atoms with E-state index in [1.165, 1.54) is 12.1 Å². The van der Waals surface area contributed by atoms with Crippen LogP contribution in [0, 0.1) is 19.7 Å². The summed E-state index contributed by atoms with van der Waals surface area (Å²) in [5.41, 5.74) is 1.77. The minimum Gasteiger partial charge on any atom is -0.466 e. The normalized spacial score (nSPS) is 21.2. The minimum atomic E-state index is -0.197. The molecule has 2 saturated heterocycles. The molecule has 4 rings (SSSR count). The quantitative estimate of drug-likeness (QED) is 0.811. The number of rotatable bonds is 3. The van der Waals surface area contributed by atoms with Gasteiger partial charge in [0.25, 0.3) is 5.91 Å². The lowest BCUT2D eigenvalue weighted by atomic mass is 10.0. The summed E-state index contributed by atoms with van der Waals surface area (Å²) in [5, 5.41) is 0. The van der Waals surface area contributed by atoms with Crippen molar-refractivity contribution in [2.24, 2.45) is 0 Å². The van der Waals surface area contributed by atoms with Crippen molar-refractivity contribution in [3.8, 4) is 0 Å². The van der Waals surface area contributed by atoms with Crippen LogP contribution in [0.5, 0.6) is 0 Å². The number of amides is 1. The maximum atomic E-state index is 13.1. The maximum Gasteiger partial charge on any atom is 0.257 e. The molecule has 2 aliphatic heterocycles. The molecule has 3 heterocycles. The van der Waals surface area contributed by atoms with Gasteiger partial charge < -0.3 is 14.2 Å². The zero-order chi connectivity index (χ0) is 19.7. The van der Waals surface area contributed by atoms with Gasteiger partial charge in [-0.15, -0.1) is 0 Å². The molecule has 0 saturated carbocycles. The van der Waals surface area contributed by atoms with Crippen LogP contribution in [0.25, 0.3) is 0 Å². The molecule has 28 heavy (non-hydrogen) atoms. The molecule has 1 aromatic heterocycles. The van der Waals surface area contributed by atoms with E-state index in [4.69, 9.17) is 4.42 Å².